The van der Waals surface area contributed by atoms with Crippen LogP contribution in [-0.2, 0) is 9.53 Å². The molecule has 0 unspecified atom stereocenters. The molecule has 1 saturated heterocycles. The fourth-order valence-corrected chi connectivity index (χ4v) is 6.00. The van der Waals surface area contributed by atoms with E-state index in [1.165, 1.54) is 5.69 Å². The van der Waals surface area contributed by atoms with Crippen molar-refractivity contribution in [3.63, 3.8) is 0 Å². The fourth-order valence-electron chi connectivity index (χ4n) is 5.00. The number of hydrogen-bond donors (Lipinski definition) is 1. The first-order chi connectivity index (χ1) is 16.0. The topological polar surface area (TPSA) is 78.2 Å². The highest BCUT2D eigenvalue weighted by Crippen LogP contribution is 2.45. The van der Waals surface area contributed by atoms with Gasteiger partial charge in [-0.05, 0) is 56.7 Å². The van der Waals surface area contributed by atoms with Gasteiger partial charge in [-0.1, -0.05) is 12.1 Å². The second kappa shape index (κ2) is 9.03. The zero-order chi connectivity index (χ0) is 23.0. The molecule has 1 aliphatic heterocycles. The van der Waals surface area contributed by atoms with Gasteiger partial charge < -0.3 is 15.0 Å². The number of nitrogens with one attached hydrogen (secondary N) is 1. The van der Waals surface area contributed by atoms with Gasteiger partial charge in [0.05, 0.1) is 34.9 Å². The van der Waals surface area contributed by atoms with E-state index in [-0.39, 0.29) is 18.2 Å². The van der Waals surface area contributed by atoms with Crippen molar-refractivity contribution in [2.75, 3.05) is 31.2 Å². The Morgan fingerprint density at radius 3 is 2.67 bits per heavy atom. The van der Waals surface area contributed by atoms with Gasteiger partial charge in [0.15, 0.2) is 0 Å². The van der Waals surface area contributed by atoms with Gasteiger partial charge in [0.25, 0.3) is 0 Å². The first kappa shape index (κ1) is 22.3. The number of anilines is 1. The van der Waals surface area contributed by atoms with Crippen molar-refractivity contribution in [2.24, 2.45) is 5.92 Å². The molecule has 2 saturated carbocycles. The van der Waals surface area contributed by atoms with Gasteiger partial charge in [-0.15, -0.1) is 11.3 Å². The number of nitrogens with zero attached hydrogens (tertiary/aromatic N) is 3. The predicted octanol–water partition coefficient (Wildman–Crippen LogP) is 4.35. The van der Waals surface area contributed by atoms with Gasteiger partial charge in [-0.2, -0.15) is 5.26 Å². The molecule has 3 fully saturated rings. The highest BCUT2D eigenvalue weighted by atomic mass is 32.1. The molecular formula is C25H29FN4O2S. The first-order valence-electron chi connectivity index (χ1n) is 11.8. The first-order valence-corrected chi connectivity index (χ1v) is 12.6. The SMILES string of the molecule is Cc1nc([C@@H]2CC[C@H](F)C[C@H]2C(=O)NC2(C#N)CC2)c(-c2ccc(N3CCOCC3)cc2)s1. The fraction of sp³-hybridized carbons (Fsp3) is 0.560. The number of nitriles is 1. The Labute approximate surface area is 197 Å². The molecule has 3 atom stereocenters. The van der Waals surface area contributed by atoms with E-state index < -0.39 is 17.6 Å². The van der Waals surface area contributed by atoms with Gasteiger partial charge in [-0.3, -0.25) is 4.79 Å². The maximum Gasteiger partial charge on any atom is 0.225 e. The lowest BCUT2D eigenvalue weighted by atomic mass is 9.75. The van der Waals surface area contributed by atoms with Crippen molar-refractivity contribution >= 4 is 22.9 Å². The van der Waals surface area contributed by atoms with Crippen LogP contribution in [0.4, 0.5) is 10.1 Å². The number of morpholine rings is 1. The van der Waals surface area contributed by atoms with Crippen molar-refractivity contribution in [3.05, 3.63) is 35.0 Å². The number of carbonyl (C=O) groups excluding carboxylic acids is 1. The van der Waals surface area contributed by atoms with Gasteiger partial charge in [-0.25, -0.2) is 9.37 Å². The van der Waals surface area contributed by atoms with Crippen molar-refractivity contribution in [3.8, 4) is 16.5 Å². The number of carbonyl (C=O) groups is 1. The Bertz CT molecular complexity index is 1050. The quantitative estimate of drug-likeness (QED) is 0.706. The van der Waals surface area contributed by atoms with Crippen LogP contribution in [0, 0.1) is 24.2 Å². The maximum absolute atomic E-state index is 14.4. The van der Waals surface area contributed by atoms with Crippen LogP contribution in [-0.4, -0.2) is 48.9 Å². The summed E-state index contributed by atoms with van der Waals surface area (Å²) in [5.74, 6) is -0.863. The lowest BCUT2D eigenvalue weighted by Crippen LogP contribution is -2.44. The molecule has 33 heavy (non-hydrogen) atoms. The van der Waals surface area contributed by atoms with Crippen LogP contribution in [0.1, 0.15) is 48.7 Å². The molecule has 2 heterocycles. The number of hydrogen-bond acceptors (Lipinski definition) is 6. The lowest BCUT2D eigenvalue weighted by molar-refractivity contribution is -0.128. The Morgan fingerprint density at radius 2 is 2.00 bits per heavy atom. The van der Waals surface area contributed by atoms with Crippen LogP contribution in [0.3, 0.4) is 0 Å². The summed E-state index contributed by atoms with van der Waals surface area (Å²) in [6, 6.07) is 10.7. The number of ether oxygens (including phenoxy) is 1. The monoisotopic (exact) mass is 468 g/mol. The van der Waals surface area contributed by atoms with Gasteiger partial charge in [0.2, 0.25) is 5.91 Å². The van der Waals surface area contributed by atoms with Crippen molar-refractivity contribution in [1.82, 2.24) is 10.3 Å². The lowest BCUT2D eigenvalue weighted by Gasteiger charge is -2.32. The number of halogens is 1. The number of amides is 1. The van der Waals surface area contributed by atoms with E-state index in [4.69, 9.17) is 9.72 Å². The maximum atomic E-state index is 14.4. The Balaban J connectivity index is 1.42. The Morgan fingerprint density at radius 1 is 1.27 bits per heavy atom. The van der Waals surface area contributed by atoms with Crippen molar-refractivity contribution < 1.29 is 13.9 Å². The molecule has 6 nitrogen and oxygen atoms in total. The molecule has 0 radical (unpaired) electrons. The molecule has 1 amide bonds. The standard InChI is InChI=1S/C25H29FN4O2S/c1-16-28-22(20-7-4-18(26)14-21(20)24(31)29-25(15-27)8-9-25)23(33-16)17-2-5-19(6-3-17)30-10-12-32-13-11-30/h2-3,5-6,18,20-21H,4,7-14H2,1H3,(H,29,31)/t18-,20+,21+/m0/s1. The molecule has 1 N–H and O–H groups in total. The van der Waals surface area contributed by atoms with Gasteiger partial charge in [0, 0.05) is 30.6 Å². The minimum absolute atomic E-state index is 0.148. The summed E-state index contributed by atoms with van der Waals surface area (Å²) < 4.78 is 19.8. The third-order valence-electron chi connectivity index (χ3n) is 7.07. The van der Waals surface area contributed by atoms with Crippen LogP contribution in [0.25, 0.3) is 10.4 Å². The van der Waals surface area contributed by atoms with E-state index in [1.54, 1.807) is 11.3 Å². The van der Waals surface area contributed by atoms with E-state index in [2.05, 4.69) is 40.6 Å². The van der Waals surface area contributed by atoms with E-state index in [0.717, 1.165) is 47.4 Å². The van der Waals surface area contributed by atoms with E-state index in [9.17, 15) is 14.4 Å². The normalized spacial score (nSPS) is 26.5. The zero-order valence-electron chi connectivity index (χ0n) is 18.8. The summed E-state index contributed by atoms with van der Waals surface area (Å²) in [6.07, 6.45) is 1.55. The van der Waals surface area contributed by atoms with Crippen molar-refractivity contribution in [2.45, 2.75) is 56.7 Å². The molecule has 1 aromatic heterocycles. The molecule has 1 aromatic carbocycles. The smallest absolute Gasteiger partial charge is 0.225 e. The number of aromatic nitrogens is 1. The van der Waals surface area contributed by atoms with Crippen LogP contribution in [0.15, 0.2) is 24.3 Å². The average molecular weight is 469 g/mol. The van der Waals surface area contributed by atoms with Crippen LogP contribution < -0.4 is 10.2 Å². The van der Waals surface area contributed by atoms with E-state index >= 15 is 0 Å². The number of benzene rings is 1. The molecule has 5 rings (SSSR count). The van der Waals surface area contributed by atoms with Gasteiger partial charge >= 0.3 is 0 Å². The third kappa shape index (κ3) is 4.62. The van der Waals surface area contributed by atoms with Crippen LogP contribution in [0.2, 0.25) is 0 Å². The molecule has 8 heteroatoms. The third-order valence-corrected chi connectivity index (χ3v) is 8.10. The summed E-state index contributed by atoms with van der Waals surface area (Å²) in [6.45, 7) is 5.24. The summed E-state index contributed by atoms with van der Waals surface area (Å²) in [4.78, 5) is 21.4. The molecular weight excluding hydrogens is 439 g/mol. The van der Waals surface area contributed by atoms with Crippen LogP contribution in [0.5, 0.6) is 0 Å². The summed E-state index contributed by atoms with van der Waals surface area (Å²) in [7, 11) is 0. The largest absolute Gasteiger partial charge is 0.378 e. The highest BCUT2D eigenvalue weighted by Gasteiger charge is 2.48. The molecule has 2 aliphatic carbocycles. The minimum Gasteiger partial charge on any atom is -0.378 e. The Hall–Kier alpha value is -2.50. The van der Waals surface area contributed by atoms with E-state index in [1.807, 2.05) is 6.92 Å². The minimum atomic E-state index is -0.995. The molecule has 2 aromatic rings. The number of alkyl halides is 1. The van der Waals surface area contributed by atoms with Crippen molar-refractivity contribution in [1.29, 1.82) is 5.26 Å². The molecule has 0 bridgehead atoms. The number of rotatable bonds is 5. The number of aryl methyl sites for hydroxylation is 1. The zero-order valence-corrected chi connectivity index (χ0v) is 19.7. The van der Waals surface area contributed by atoms with Crippen LogP contribution >= 0.6 is 11.3 Å². The average Bonchev–Trinajstić information content (AvgIpc) is 3.51. The predicted molar refractivity (Wildman–Crippen MR) is 126 cm³/mol. The summed E-state index contributed by atoms with van der Waals surface area (Å²) >= 11 is 1.62. The molecule has 0 spiro atoms. The van der Waals surface area contributed by atoms with Gasteiger partial charge in [0.1, 0.15) is 11.7 Å². The molecule has 174 valence electrons. The second-order valence-electron chi connectivity index (χ2n) is 9.40. The molecule has 3 aliphatic rings. The second-order valence-corrected chi connectivity index (χ2v) is 10.6. The summed E-state index contributed by atoms with van der Waals surface area (Å²) in [5.41, 5.74) is 2.39. The number of thiazole rings is 1. The highest BCUT2D eigenvalue weighted by molar-refractivity contribution is 7.15. The van der Waals surface area contributed by atoms with E-state index in [0.29, 0.717) is 25.7 Å². The Kier molecular flexibility index (Phi) is 6.11. The summed E-state index contributed by atoms with van der Waals surface area (Å²) in [5, 5.41) is 13.2.